The van der Waals surface area contributed by atoms with E-state index in [1.165, 1.54) is 0 Å². The predicted octanol–water partition coefficient (Wildman–Crippen LogP) is 3.81. The van der Waals surface area contributed by atoms with E-state index in [0.29, 0.717) is 17.9 Å². The van der Waals surface area contributed by atoms with Gasteiger partial charge < -0.3 is 15.4 Å². The molecule has 2 N–H and O–H groups in total. The molecule has 1 heterocycles. The number of nitrogens with one attached hydrogen (secondary N) is 2. The molecule has 0 saturated heterocycles. The van der Waals surface area contributed by atoms with Gasteiger partial charge in [0.1, 0.15) is 6.61 Å². The molecule has 3 rings (SSSR count). The van der Waals surface area contributed by atoms with E-state index in [1.807, 2.05) is 37.3 Å². The Bertz CT molecular complexity index is 701. The van der Waals surface area contributed by atoms with E-state index < -0.39 is 0 Å². The molecule has 108 valence electrons. The van der Waals surface area contributed by atoms with Gasteiger partial charge in [0, 0.05) is 11.0 Å². The molecule has 0 aromatic heterocycles. The first-order valence-corrected chi connectivity index (χ1v) is 7.51. The second-order valence-electron chi connectivity index (χ2n) is 4.89. The highest BCUT2D eigenvalue weighted by atomic mass is 79.9. The number of carbonyl (C=O) groups excluding carboxylic acids is 1. The Morgan fingerprint density at radius 3 is 3.05 bits per heavy atom. The fraction of sp³-hybridized carbons (Fsp3) is 0.188. The molecular formula is C16H15BrN2O2. The van der Waals surface area contributed by atoms with Gasteiger partial charge in [-0.3, -0.25) is 4.79 Å². The zero-order valence-corrected chi connectivity index (χ0v) is 13.2. The number of ether oxygens (including phenoxy) is 1. The van der Waals surface area contributed by atoms with Crippen molar-refractivity contribution < 1.29 is 9.53 Å². The number of para-hydroxylation sites is 1. The zero-order valence-electron chi connectivity index (χ0n) is 11.6. The second-order valence-corrected chi connectivity index (χ2v) is 5.75. The number of halogens is 1. The van der Waals surface area contributed by atoms with E-state index in [1.54, 1.807) is 6.07 Å². The van der Waals surface area contributed by atoms with E-state index in [9.17, 15) is 4.79 Å². The molecule has 2 aromatic rings. The number of hydrogen-bond acceptors (Lipinski definition) is 3. The van der Waals surface area contributed by atoms with Crippen LogP contribution in [0.3, 0.4) is 0 Å². The largest absolute Gasteiger partial charge is 0.489 e. The summed E-state index contributed by atoms with van der Waals surface area (Å²) in [6.45, 7) is 3.30. The third-order valence-electron chi connectivity index (χ3n) is 3.29. The smallest absolute Gasteiger partial charge is 0.259 e. The van der Waals surface area contributed by atoms with E-state index in [0.717, 1.165) is 28.0 Å². The normalized spacial score (nSPS) is 12.9. The number of amides is 1. The summed E-state index contributed by atoms with van der Waals surface area (Å²) in [5, 5.41) is 6.15. The minimum atomic E-state index is -0.179. The lowest BCUT2D eigenvalue weighted by Gasteiger charge is -2.21. The first-order chi connectivity index (χ1) is 10.1. The Labute approximate surface area is 131 Å². The molecule has 1 aliphatic rings. The van der Waals surface area contributed by atoms with Gasteiger partial charge in [-0.15, -0.1) is 0 Å². The lowest BCUT2D eigenvalue weighted by molar-refractivity contribution is 0.102. The van der Waals surface area contributed by atoms with Gasteiger partial charge >= 0.3 is 0 Å². The van der Waals surface area contributed by atoms with E-state index >= 15 is 0 Å². The van der Waals surface area contributed by atoms with Crippen molar-refractivity contribution in [2.75, 3.05) is 23.8 Å². The van der Waals surface area contributed by atoms with Crippen LogP contribution in [0.15, 0.2) is 40.9 Å². The molecule has 0 radical (unpaired) electrons. The van der Waals surface area contributed by atoms with Crippen LogP contribution in [0, 0.1) is 6.92 Å². The van der Waals surface area contributed by atoms with Crippen LogP contribution in [0.5, 0.6) is 5.75 Å². The molecule has 1 amide bonds. The van der Waals surface area contributed by atoms with Gasteiger partial charge in [0.05, 0.1) is 16.9 Å². The van der Waals surface area contributed by atoms with Crippen LogP contribution in [-0.4, -0.2) is 19.1 Å². The summed E-state index contributed by atoms with van der Waals surface area (Å²) >= 11 is 3.45. The predicted molar refractivity (Wildman–Crippen MR) is 87.3 cm³/mol. The van der Waals surface area contributed by atoms with Crippen LogP contribution >= 0.6 is 15.9 Å². The van der Waals surface area contributed by atoms with Crippen molar-refractivity contribution in [2.45, 2.75) is 6.92 Å². The van der Waals surface area contributed by atoms with Gasteiger partial charge in [0.2, 0.25) is 0 Å². The Kier molecular flexibility index (Phi) is 3.84. The van der Waals surface area contributed by atoms with E-state index in [4.69, 9.17) is 4.74 Å². The number of hydrogen-bond donors (Lipinski definition) is 2. The van der Waals surface area contributed by atoms with Crippen LogP contribution in [0.25, 0.3) is 0 Å². The van der Waals surface area contributed by atoms with Crippen molar-refractivity contribution in [3.8, 4) is 5.75 Å². The van der Waals surface area contributed by atoms with Gasteiger partial charge in [-0.2, -0.15) is 0 Å². The highest BCUT2D eigenvalue weighted by Gasteiger charge is 2.19. The van der Waals surface area contributed by atoms with Crippen molar-refractivity contribution in [3.05, 3.63) is 52.0 Å². The SMILES string of the molecule is Cc1ccc(Br)c(NC(=O)c2cccc3c2OCCN3)c1. The quantitative estimate of drug-likeness (QED) is 0.869. The minimum Gasteiger partial charge on any atom is -0.489 e. The summed E-state index contributed by atoms with van der Waals surface area (Å²) in [5.74, 6) is 0.437. The van der Waals surface area contributed by atoms with E-state index in [-0.39, 0.29) is 5.91 Å². The molecule has 0 bridgehead atoms. The van der Waals surface area contributed by atoms with Gasteiger partial charge in [0.25, 0.3) is 5.91 Å². The summed E-state index contributed by atoms with van der Waals surface area (Å²) in [6.07, 6.45) is 0. The zero-order chi connectivity index (χ0) is 14.8. The first-order valence-electron chi connectivity index (χ1n) is 6.72. The van der Waals surface area contributed by atoms with Crippen LogP contribution in [-0.2, 0) is 0 Å². The Hall–Kier alpha value is -2.01. The fourth-order valence-electron chi connectivity index (χ4n) is 2.27. The maximum atomic E-state index is 12.5. The summed E-state index contributed by atoms with van der Waals surface area (Å²) in [4.78, 5) is 12.5. The van der Waals surface area contributed by atoms with Crippen molar-refractivity contribution in [1.82, 2.24) is 0 Å². The number of carbonyl (C=O) groups is 1. The highest BCUT2D eigenvalue weighted by molar-refractivity contribution is 9.10. The van der Waals surface area contributed by atoms with Gasteiger partial charge in [0.15, 0.2) is 5.75 Å². The average molecular weight is 347 g/mol. The lowest BCUT2D eigenvalue weighted by atomic mass is 10.1. The summed E-state index contributed by atoms with van der Waals surface area (Å²) in [6, 6.07) is 11.4. The van der Waals surface area contributed by atoms with Crippen LogP contribution in [0.1, 0.15) is 15.9 Å². The van der Waals surface area contributed by atoms with Gasteiger partial charge in [-0.25, -0.2) is 0 Å². The highest BCUT2D eigenvalue weighted by Crippen LogP contribution is 2.32. The molecule has 0 aliphatic carbocycles. The van der Waals surface area contributed by atoms with Crippen molar-refractivity contribution in [1.29, 1.82) is 0 Å². The molecule has 0 saturated carbocycles. The Morgan fingerprint density at radius 1 is 1.33 bits per heavy atom. The van der Waals surface area contributed by atoms with Gasteiger partial charge in [-0.1, -0.05) is 12.1 Å². The maximum Gasteiger partial charge on any atom is 0.259 e. The molecule has 4 nitrogen and oxygen atoms in total. The molecule has 0 atom stereocenters. The number of rotatable bonds is 2. The van der Waals surface area contributed by atoms with Crippen LogP contribution < -0.4 is 15.4 Å². The van der Waals surface area contributed by atoms with Crippen LogP contribution in [0.2, 0.25) is 0 Å². The Balaban J connectivity index is 1.91. The van der Waals surface area contributed by atoms with Gasteiger partial charge in [-0.05, 0) is 52.7 Å². The summed E-state index contributed by atoms with van der Waals surface area (Å²) in [5.41, 5.74) is 3.23. The molecule has 1 aliphatic heterocycles. The van der Waals surface area contributed by atoms with Crippen molar-refractivity contribution in [2.24, 2.45) is 0 Å². The third-order valence-corrected chi connectivity index (χ3v) is 3.99. The first kappa shape index (κ1) is 13.9. The monoisotopic (exact) mass is 346 g/mol. The molecule has 21 heavy (non-hydrogen) atoms. The number of fused-ring (bicyclic) bond motifs is 1. The summed E-state index contributed by atoms with van der Waals surface area (Å²) < 4.78 is 6.48. The molecule has 0 unspecified atom stereocenters. The fourth-order valence-corrected chi connectivity index (χ4v) is 2.62. The standard InChI is InChI=1S/C16H15BrN2O2/c1-10-5-6-12(17)14(9-10)19-16(20)11-3-2-4-13-15(11)21-8-7-18-13/h2-6,9,18H,7-8H2,1H3,(H,19,20). The summed E-state index contributed by atoms with van der Waals surface area (Å²) in [7, 11) is 0. The third kappa shape index (κ3) is 2.88. The number of anilines is 2. The molecule has 5 heteroatoms. The van der Waals surface area contributed by atoms with Crippen LogP contribution in [0.4, 0.5) is 11.4 Å². The molecule has 0 fully saturated rings. The minimum absolute atomic E-state index is 0.179. The topological polar surface area (TPSA) is 50.4 Å². The average Bonchev–Trinajstić information content (AvgIpc) is 2.50. The van der Waals surface area contributed by atoms with E-state index in [2.05, 4.69) is 26.6 Å². The number of aryl methyl sites for hydroxylation is 1. The molecular weight excluding hydrogens is 332 g/mol. The molecule has 2 aromatic carbocycles. The second kappa shape index (κ2) is 5.77. The van der Waals surface area contributed by atoms with Crippen molar-refractivity contribution in [3.63, 3.8) is 0 Å². The van der Waals surface area contributed by atoms with Crippen molar-refractivity contribution >= 4 is 33.2 Å². The Morgan fingerprint density at radius 2 is 2.19 bits per heavy atom. The maximum absolute atomic E-state index is 12.5. The lowest BCUT2D eigenvalue weighted by Crippen LogP contribution is -2.22. The number of benzene rings is 2. The molecule has 0 spiro atoms.